The van der Waals surface area contributed by atoms with E-state index in [1.54, 1.807) is 0 Å². The van der Waals surface area contributed by atoms with Crippen molar-refractivity contribution in [2.45, 2.75) is 19.4 Å². The summed E-state index contributed by atoms with van der Waals surface area (Å²) in [5, 5.41) is 4.73. The second kappa shape index (κ2) is 6.06. The summed E-state index contributed by atoms with van der Waals surface area (Å²) in [6, 6.07) is 10.8. The molecule has 0 fully saturated rings. The van der Waals surface area contributed by atoms with Crippen LogP contribution in [0.15, 0.2) is 48.9 Å². The summed E-state index contributed by atoms with van der Waals surface area (Å²) in [6.45, 7) is 3.06. The van der Waals surface area contributed by atoms with Gasteiger partial charge in [0.15, 0.2) is 0 Å². The molecule has 1 unspecified atom stereocenters. The van der Waals surface area contributed by atoms with E-state index in [0.29, 0.717) is 0 Å². The van der Waals surface area contributed by atoms with Crippen molar-refractivity contribution in [3.63, 3.8) is 0 Å². The Balaban J connectivity index is 1.93. The largest absolute Gasteiger partial charge is 0.338 e. The number of likely N-dealkylation sites (N-methyl/N-ethyl adjacent to an activating group) is 1. The Morgan fingerprint density at radius 2 is 2.10 bits per heavy atom. The van der Waals surface area contributed by atoms with Crippen LogP contribution in [0.4, 0.5) is 0 Å². The van der Waals surface area contributed by atoms with E-state index in [-0.39, 0.29) is 6.04 Å². The van der Waals surface area contributed by atoms with Crippen LogP contribution in [0.5, 0.6) is 0 Å². The average Bonchev–Trinajstić information content (AvgIpc) is 2.91. The van der Waals surface area contributed by atoms with Gasteiger partial charge in [0.05, 0.1) is 5.52 Å². The highest BCUT2D eigenvalue weighted by Gasteiger charge is 2.14. The molecule has 0 saturated heterocycles. The van der Waals surface area contributed by atoms with Gasteiger partial charge in [0.25, 0.3) is 0 Å². The SMILES string of the molecule is CCNC(Cc1nccn1C)c1ccc2ncccc2c1. The lowest BCUT2D eigenvalue weighted by Gasteiger charge is -2.18. The highest BCUT2D eigenvalue weighted by Crippen LogP contribution is 2.21. The summed E-state index contributed by atoms with van der Waals surface area (Å²) in [6.07, 6.45) is 6.55. The van der Waals surface area contributed by atoms with Crippen molar-refractivity contribution in [2.75, 3.05) is 6.54 Å². The van der Waals surface area contributed by atoms with Crippen molar-refractivity contribution in [1.82, 2.24) is 19.9 Å². The first-order valence-electron chi connectivity index (χ1n) is 7.32. The van der Waals surface area contributed by atoms with Crippen molar-refractivity contribution in [2.24, 2.45) is 7.05 Å². The van der Waals surface area contributed by atoms with Gasteiger partial charge in [-0.2, -0.15) is 0 Å². The van der Waals surface area contributed by atoms with Gasteiger partial charge >= 0.3 is 0 Å². The Hall–Kier alpha value is -2.20. The lowest BCUT2D eigenvalue weighted by Crippen LogP contribution is -2.24. The number of nitrogens with zero attached hydrogens (tertiary/aromatic N) is 3. The summed E-state index contributed by atoms with van der Waals surface area (Å²) >= 11 is 0. The number of aromatic nitrogens is 3. The monoisotopic (exact) mass is 280 g/mol. The minimum atomic E-state index is 0.265. The van der Waals surface area contributed by atoms with E-state index in [4.69, 9.17) is 0 Å². The van der Waals surface area contributed by atoms with E-state index < -0.39 is 0 Å². The first kappa shape index (κ1) is 13.8. The van der Waals surface area contributed by atoms with Crippen molar-refractivity contribution < 1.29 is 0 Å². The van der Waals surface area contributed by atoms with Crippen LogP contribution in [0, 0.1) is 0 Å². The van der Waals surface area contributed by atoms with Gasteiger partial charge in [0.2, 0.25) is 0 Å². The third-order valence-corrected chi connectivity index (χ3v) is 3.79. The lowest BCUT2D eigenvalue weighted by atomic mass is 10.0. The number of imidazole rings is 1. The summed E-state index contributed by atoms with van der Waals surface area (Å²) in [4.78, 5) is 8.82. The molecule has 0 amide bonds. The van der Waals surface area contributed by atoms with Gasteiger partial charge in [-0.25, -0.2) is 4.98 Å². The molecule has 0 spiro atoms. The van der Waals surface area contributed by atoms with Gasteiger partial charge in [0.1, 0.15) is 5.82 Å². The molecule has 0 aliphatic heterocycles. The topological polar surface area (TPSA) is 42.7 Å². The summed E-state index contributed by atoms with van der Waals surface area (Å²) < 4.78 is 2.08. The second-order valence-electron chi connectivity index (χ2n) is 5.22. The van der Waals surface area contributed by atoms with Crippen molar-refractivity contribution in [1.29, 1.82) is 0 Å². The van der Waals surface area contributed by atoms with Crippen LogP contribution in [0.1, 0.15) is 24.4 Å². The fourth-order valence-corrected chi connectivity index (χ4v) is 2.64. The van der Waals surface area contributed by atoms with E-state index in [2.05, 4.69) is 51.0 Å². The minimum Gasteiger partial charge on any atom is -0.338 e. The molecule has 21 heavy (non-hydrogen) atoms. The Morgan fingerprint density at radius 1 is 1.19 bits per heavy atom. The number of nitrogens with one attached hydrogen (secondary N) is 1. The Kier molecular flexibility index (Phi) is 3.97. The molecular weight excluding hydrogens is 260 g/mol. The molecule has 2 aromatic heterocycles. The summed E-state index contributed by atoms with van der Waals surface area (Å²) in [5.41, 5.74) is 2.31. The zero-order valence-corrected chi connectivity index (χ0v) is 12.5. The third kappa shape index (κ3) is 2.95. The fourth-order valence-electron chi connectivity index (χ4n) is 2.64. The molecule has 0 bridgehead atoms. The molecule has 108 valence electrons. The van der Waals surface area contributed by atoms with Gasteiger partial charge in [-0.05, 0) is 30.3 Å². The van der Waals surface area contributed by atoms with Gasteiger partial charge < -0.3 is 9.88 Å². The van der Waals surface area contributed by atoms with Crippen LogP contribution in [0.25, 0.3) is 10.9 Å². The predicted molar refractivity (Wildman–Crippen MR) is 85.1 cm³/mol. The summed E-state index contributed by atoms with van der Waals surface area (Å²) in [7, 11) is 2.04. The van der Waals surface area contributed by atoms with E-state index in [1.165, 1.54) is 10.9 Å². The zero-order valence-electron chi connectivity index (χ0n) is 12.5. The second-order valence-corrected chi connectivity index (χ2v) is 5.22. The maximum absolute atomic E-state index is 4.44. The van der Waals surface area contributed by atoms with Gasteiger partial charge in [-0.1, -0.05) is 19.1 Å². The van der Waals surface area contributed by atoms with Crippen LogP contribution in [0.3, 0.4) is 0 Å². The lowest BCUT2D eigenvalue weighted by molar-refractivity contribution is 0.529. The molecule has 1 atom stereocenters. The molecule has 3 rings (SSSR count). The Labute approximate surface area is 124 Å². The Morgan fingerprint density at radius 3 is 2.86 bits per heavy atom. The molecule has 2 heterocycles. The number of fused-ring (bicyclic) bond motifs is 1. The molecular formula is C17H20N4. The molecule has 4 nitrogen and oxygen atoms in total. The van der Waals surface area contributed by atoms with Crippen molar-refractivity contribution in [3.05, 3.63) is 60.3 Å². The van der Waals surface area contributed by atoms with Gasteiger partial charge in [-0.3, -0.25) is 4.98 Å². The zero-order chi connectivity index (χ0) is 14.7. The molecule has 1 N–H and O–H groups in total. The maximum atomic E-state index is 4.44. The predicted octanol–water partition coefficient (Wildman–Crippen LogP) is 2.86. The van der Waals surface area contributed by atoms with Crippen LogP contribution < -0.4 is 5.32 Å². The maximum Gasteiger partial charge on any atom is 0.110 e. The highest BCUT2D eigenvalue weighted by molar-refractivity contribution is 5.79. The minimum absolute atomic E-state index is 0.265. The smallest absolute Gasteiger partial charge is 0.110 e. The summed E-state index contributed by atoms with van der Waals surface area (Å²) in [5.74, 6) is 1.09. The van der Waals surface area contributed by atoms with Crippen molar-refractivity contribution in [3.8, 4) is 0 Å². The first-order valence-corrected chi connectivity index (χ1v) is 7.32. The van der Waals surface area contributed by atoms with Crippen LogP contribution in [-0.2, 0) is 13.5 Å². The molecule has 0 aliphatic carbocycles. The van der Waals surface area contributed by atoms with Crippen LogP contribution in [0.2, 0.25) is 0 Å². The standard InChI is InChI=1S/C17H20N4/c1-3-18-16(12-17-20-9-10-21(17)2)14-6-7-15-13(11-14)5-4-8-19-15/h4-11,16,18H,3,12H2,1-2H3. The normalized spacial score (nSPS) is 12.7. The van der Waals surface area contributed by atoms with Crippen molar-refractivity contribution >= 4 is 10.9 Å². The number of hydrogen-bond donors (Lipinski definition) is 1. The van der Waals surface area contributed by atoms with E-state index in [9.17, 15) is 0 Å². The molecule has 4 heteroatoms. The molecule has 1 aromatic carbocycles. The van der Waals surface area contributed by atoms with E-state index in [1.807, 2.05) is 31.7 Å². The van der Waals surface area contributed by atoms with E-state index in [0.717, 1.165) is 24.3 Å². The number of pyridine rings is 1. The number of aryl methyl sites for hydroxylation is 1. The molecule has 0 radical (unpaired) electrons. The average molecular weight is 280 g/mol. The molecule has 0 aliphatic rings. The van der Waals surface area contributed by atoms with Crippen LogP contribution in [-0.4, -0.2) is 21.1 Å². The first-order chi connectivity index (χ1) is 10.3. The quantitative estimate of drug-likeness (QED) is 0.781. The Bertz CT molecular complexity index is 732. The number of rotatable bonds is 5. The molecule has 3 aromatic rings. The molecule has 0 saturated carbocycles. The third-order valence-electron chi connectivity index (χ3n) is 3.79. The van der Waals surface area contributed by atoms with E-state index >= 15 is 0 Å². The van der Waals surface area contributed by atoms with Gasteiger partial charge in [0, 0.05) is 43.5 Å². The van der Waals surface area contributed by atoms with Crippen LogP contribution >= 0.6 is 0 Å². The fraction of sp³-hybridized carbons (Fsp3) is 0.294. The highest BCUT2D eigenvalue weighted by atomic mass is 15.0. The number of benzene rings is 1. The number of hydrogen-bond acceptors (Lipinski definition) is 3. The van der Waals surface area contributed by atoms with Gasteiger partial charge in [-0.15, -0.1) is 0 Å².